The summed E-state index contributed by atoms with van der Waals surface area (Å²) >= 11 is 0. The molecule has 0 radical (unpaired) electrons. The second kappa shape index (κ2) is 8.20. The fraction of sp³-hybridized carbons (Fsp3) is 0.529. The molecule has 1 aromatic carbocycles. The Hall–Kier alpha value is -1.16. The fourth-order valence-corrected chi connectivity index (χ4v) is 2.69. The van der Waals surface area contributed by atoms with Gasteiger partial charge in [-0.2, -0.15) is 0 Å². The smallest absolute Gasteiger partial charge is 0.0701 e. The molecule has 110 valence electrons. The first kappa shape index (κ1) is 15.2. The zero-order valence-electron chi connectivity index (χ0n) is 12.3. The van der Waals surface area contributed by atoms with Crippen molar-refractivity contribution >= 4 is 6.08 Å². The first-order valence-corrected chi connectivity index (χ1v) is 7.45. The molecule has 3 nitrogen and oxygen atoms in total. The summed E-state index contributed by atoms with van der Waals surface area (Å²) in [5.41, 5.74) is 2.66. The number of rotatable bonds is 6. The van der Waals surface area contributed by atoms with Crippen molar-refractivity contribution in [3.63, 3.8) is 0 Å². The Kier molecular flexibility index (Phi) is 6.25. The van der Waals surface area contributed by atoms with Gasteiger partial charge in [-0.3, -0.25) is 4.90 Å². The van der Waals surface area contributed by atoms with E-state index in [4.69, 9.17) is 9.84 Å². The minimum Gasteiger partial charge on any atom is -0.394 e. The van der Waals surface area contributed by atoms with Crippen molar-refractivity contribution in [1.29, 1.82) is 0 Å². The number of nitrogens with zero attached hydrogens (tertiary/aromatic N) is 1. The molecule has 1 aromatic rings. The van der Waals surface area contributed by atoms with Crippen LogP contribution in [0.1, 0.15) is 25.3 Å². The lowest BCUT2D eigenvalue weighted by Crippen LogP contribution is -2.38. The Labute approximate surface area is 121 Å². The Balaban J connectivity index is 1.76. The summed E-state index contributed by atoms with van der Waals surface area (Å²) in [7, 11) is 0. The monoisotopic (exact) mass is 275 g/mol. The van der Waals surface area contributed by atoms with E-state index >= 15 is 0 Å². The molecule has 1 heterocycles. The van der Waals surface area contributed by atoms with E-state index in [1.54, 1.807) is 0 Å². The molecule has 0 saturated carbocycles. The van der Waals surface area contributed by atoms with Gasteiger partial charge in [-0.15, -0.1) is 0 Å². The van der Waals surface area contributed by atoms with Gasteiger partial charge in [0.1, 0.15) is 0 Å². The van der Waals surface area contributed by atoms with Crippen molar-refractivity contribution in [3.05, 3.63) is 41.5 Å². The van der Waals surface area contributed by atoms with Gasteiger partial charge in [0, 0.05) is 19.6 Å². The van der Waals surface area contributed by atoms with Crippen molar-refractivity contribution in [3.8, 4) is 0 Å². The van der Waals surface area contributed by atoms with Gasteiger partial charge in [0.05, 0.1) is 19.3 Å². The lowest BCUT2D eigenvalue weighted by Gasteiger charge is -2.32. The van der Waals surface area contributed by atoms with Crippen molar-refractivity contribution in [1.82, 2.24) is 4.90 Å². The van der Waals surface area contributed by atoms with E-state index in [1.165, 1.54) is 11.1 Å². The van der Waals surface area contributed by atoms with Crippen molar-refractivity contribution in [2.24, 2.45) is 0 Å². The highest BCUT2D eigenvalue weighted by Gasteiger charge is 2.19. The van der Waals surface area contributed by atoms with Crippen LogP contribution >= 0.6 is 0 Å². The molecule has 3 heteroatoms. The molecule has 0 amide bonds. The Morgan fingerprint density at radius 2 is 2.00 bits per heavy atom. The summed E-state index contributed by atoms with van der Waals surface area (Å²) in [6.07, 6.45) is 4.72. The van der Waals surface area contributed by atoms with Gasteiger partial charge in [0.2, 0.25) is 0 Å². The lowest BCUT2D eigenvalue weighted by molar-refractivity contribution is -0.00623. The largest absolute Gasteiger partial charge is 0.394 e. The zero-order chi connectivity index (χ0) is 14.2. The minimum absolute atomic E-state index is 0.124. The maximum absolute atomic E-state index is 8.77. The van der Waals surface area contributed by atoms with Crippen LogP contribution in [0.4, 0.5) is 0 Å². The third kappa shape index (κ3) is 5.08. The number of aliphatic hydroxyl groups is 1. The maximum atomic E-state index is 8.77. The molecule has 1 N–H and O–H groups in total. The molecule has 1 saturated heterocycles. The number of likely N-dealkylation sites (tertiary alicyclic amines) is 1. The van der Waals surface area contributed by atoms with Gasteiger partial charge in [-0.25, -0.2) is 0 Å². The van der Waals surface area contributed by atoms with E-state index in [1.807, 2.05) is 6.07 Å². The van der Waals surface area contributed by atoms with E-state index in [2.05, 4.69) is 42.2 Å². The van der Waals surface area contributed by atoms with Crippen LogP contribution in [-0.4, -0.2) is 49.0 Å². The van der Waals surface area contributed by atoms with Crippen LogP contribution in [0.15, 0.2) is 35.9 Å². The number of benzene rings is 1. The van der Waals surface area contributed by atoms with Crippen LogP contribution in [0.3, 0.4) is 0 Å². The number of hydrogen-bond donors (Lipinski definition) is 1. The molecule has 1 aliphatic rings. The van der Waals surface area contributed by atoms with Crippen LogP contribution in [0.5, 0.6) is 0 Å². The molecule has 1 fully saturated rings. The van der Waals surface area contributed by atoms with Crippen LogP contribution in [0.25, 0.3) is 6.08 Å². The fourth-order valence-electron chi connectivity index (χ4n) is 2.69. The quantitative estimate of drug-likeness (QED) is 0.866. The molecular weight excluding hydrogens is 250 g/mol. The normalized spacial score (nSPS) is 18.4. The lowest BCUT2D eigenvalue weighted by atomic mass is 10.1. The molecule has 0 aliphatic carbocycles. The number of piperidine rings is 1. The first-order valence-electron chi connectivity index (χ1n) is 7.45. The van der Waals surface area contributed by atoms with E-state index < -0.39 is 0 Å². The predicted octanol–water partition coefficient (Wildman–Crippen LogP) is 2.56. The average Bonchev–Trinajstić information content (AvgIpc) is 2.47. The van der Waals surface area contributed by atoms with Crippen LogP contribution in [0, 0.1) is 0 Å². The molecule has 0 unspecified atom stereocenters. The Bertz CT molecular complexity index is 408. The van der Waals surface area contributed by atoms with Crippen molar-refractivity contribution < 1.29 is 9.84 Å². The number of aliphatic hydroxyl groups excluding tert-OH is 1. The average molecular weight is 275 g/mol. The van der Waals surface area contributed by atoms with Crippen LogP contribution in [0.2, 0.25) is 0 Å². The van der Waals surface area contributed by atoms with Gasteiger partial charge >= 0.3 is 0 Å². The van der Waals surface area contributed by atoms with E-state index in [9.17, 15) is 0 Å². The molecule has 0 aromatic heterocycles. The van der Waals surface area contributed by atoms with Crippen LogP contribution in [-0.2, 0) is 4.74 Å². The first-order chi connectivity index (χ1) is 9.78. The second-order valence-corrected chi connectivity index (χ2v) is 5.47. The standard InChI is InChI=1S/C17H25NO2/c1-15(13-16-5-3-2-4-6-16)14-18-9-7-17(8-10-18)20-12-11-19/h2-6,13,17,19H,7-12,14H2,1H3. The van der Waals surface area contributed by atoms with E-state index in [-0.39, 0.29) is 6.61 Å². The zero-order valence-corrected chi connectivity index (χ0v) is 12.3. The van der Waals surface area contributed by atoms with Gasteiger partial charge in [0.25, 0.3) is 0 Å². The molecule has 20 heavy (non-hydrogen) atoms. The maximum Gasteiger partial charge on any atom is 0.0701 e. The number of hydrogen-bond acceptors (Lipinski definition) is 3. The van der Waals surface area contributed by atoms with Crippen molar-refractivity contribution in [2.45, 2.75) is 25.9 Å². The summed E-state index contributed by atoms with van der Waals surface area (Å²) in [5, 5.41) is 8.77. The van der Waals surface area contributed by atoms with Gasteiger partial charge in [0.15, 0.2) is 0 Å². The van der Waals surface area contributed by atoms with Gasteiger partial charge < -0.3 is 9.84 Å². The van der Waals surface area contributed by atoms with Gasteiger partial charge in [-0.1, -0.05) is 42.0 Å². The van der Waals surface area contributed by atoms with Gasteiger partial charge in [-0.05, 0) is 25.3 Å². The summed E-state index contributed by atoms with van der Waals surface area (Å²) in [6, 6.07) is 10.5. The van der Waals surface area contributed by atoms with Crippen molar-refractivity contribution in [2.75, 3.05) is 32.8 Å². The summed E-state index contributed by atoms with van der Waals surface area (Å²) in [5.74, 6) is 0. The molecular formula is C17H25NO2. The highest BCUT2D eigenvalue weighted by Crippen LogP contribution is 2.15. The SMILES string of the molecule is CC(=Cc1ccccc1)CN1CCC(OCCO)CC1. The molecule has 0 spiro atoms. The van der Waals surface area contributed by atoms with E-state index in [0.29, 0.717) is 12.7 Å². The summed E-state index contributed by atoms with van der Waals surface area (Å²) in [4.78, 5) is 2.48. The Morgan fingerprint density at radius 1 is 1.30 bits per heavy atom. The second-order valence-electron chi connectivity index (χ2n) is 5.47. The molecule has 2 rings (SSSR count). The number of ether oxygens (including phenoxy) is 1. The van der Waals surface area contributed by atoms with Crippen LogP contribution < -0.4 is 0 Å². The Morgan fingerprint density at radius 3 is 2.65 bits per heavy atom. The minimum atomic E-state index is 0.124. The highest BCUT2D eigenvalue weighted by molar-refractivity contribution is 5.52. The van der Waals surface area contributed by atoms with E-state index in [0.717, 1.165) is 32.5 Å². The third-order valence-corrected chi connectivity index (χ3v) is 3.67. The molecule has 0 atom stereocenters. The molecule has 0 bridgehead atoms. The predicted molar refractivity (Wildman–Crippen MR) is 82.6 cm³/mol. The third-order valence-electron chi connectivity index (χ3n) is 3.67. The molecule has 1 aliphatic heterocycles. The topological polar surface area (TPSA) is 32.7 Å². The summed E-state index contributed by atoms with van der Waals surface area (Å²) in [6.45, 7) is 5.98. The summed E-state index contributed by atoms with van der Waals surface area (Å²) < 4.78 is 5.59. The highest BCUT2D eigenvalue weighted by atomic mass is 16.5.